The van der Waals surface area contributed by atoms with E-state index in [1.165, 1.54) is 6.07 Å². The van der Waals surface area contributed by atoms with Crippen molar-refractivity contribution in [1.29, 1.82) is 0 Å². The van der Waals surface area contributed by atoms with Gasteiger partial charge in [0.1, 0.15) is 5.82 Å². The summed E-state index contributed by atoms with van der Waals surface area (Å²) >= 11 is 6.03. The molecule has 2 aliphatic rings. The third-order valence-electron chi connectivity index (χ3n) is 3.71. The minimum atomic E-state index is -3.04. The molecule has 3 N–H and O–H groups in total. The third kappa shape index (κ3) is 3.78. The summed E-state index contributed by atoms with van der Waals surface area (Å²) in [4.78, 5) is 13.1. The maximum absolute atomic E-state index is 13.7. The number of carbonyl (C=O) groups excluding carboxylic acids is 1. The molecule has 3 rings (SSSR count). The number of nitrogens with one attached hydrogen (secondary N) is 1. The van der Waals surface area contributed by atoms with Crippen LogP contribution in [0, 0.1) is 0 Å². The van der Waals surface area contributed by atoms with E-state index in [4.69, 9.17) is 22.1 Å². The molecule has 1 aliphatic carbocycles. The predicted octanol–water partition coefficient (Wildman–Crippen LogP) is 1.59. The molecule has 2 heterocycles. The average molecular weight is 348 g/mol. The van der Waals surface area contributed by atoms with E-state index in [2.05, 4.69) is 15.5 Å². The van der Waals surface area contributed by atoms with Crippen molar-refractivity contribution < 1.29 is 18.3 Å². The molecule has 2 fully saturated rings. The maximum Gasteiger partial charge on any atom is 0.318 e. The molecule has 0 spiro atoms. The molecule has 0 unspecified atom stereocenters. The van der Waals surface area contributed by atoms with Crippen LogP contribution in [0.1, 0.15) is 24.4 Å². The van der Waals surface area contributed by atoms with E-state index in [1.807, 2.05) is 0 Å². The maximum atomic E-state index is 13.7. The first kappa shape index (κ1) is 16.1. The summed E-state index contributed by atoms with van der Waals surface area (Å²) in [5.41, 5.74) is 5.95. The fraction of sp³-hybridized carbons (Fsp3) is 0.615. The number of aromatic nitrogens is 2. The van der Waals surface area contributed by atoms with Crippen LogP contribution in [-0.2, 0) is 4.74 Å². The number of nitrogen functional groups attached to an aromatic ring is 1. The quantitative estimate of drug-likeness (QED) is 0.843. The summed E-state index contributed by atoms with van der Waals surface area (Å²) in [7, 11) is 0. The van der Waals surface area contributed by atoms with Crippen molar-refractivity contribution in [1.82, 2.24) is 20.4 Å². The van der Waals surface area contributed by atoms with Gasteiger partial charge in [0.15, 0.2) is 5.15 Å². The van der Waals surface area contributed by atoms with Crippen LogP contribution in [0.2, 0.25) is 5.15 Å². The van der Waals surface area contributed by atoms with Crippen LogP contribution in [0.25, 0.3) is 0 Å². The summed E-state index contributed by atoms with van der Waals surface area (Å²) < 4.78 is 33.0. The number of rotatable bonds is 5. The number of carbonyl (C=O) groups is 1. The molecule has 1 aliphatic heterocycles. The molecule has 1 aromatic rings. The Balaban J connectivity index is 1.90. The molecule has 0 aromatic carbocycles. The van der Waals surface area contributed by atoms with Gasteiger partial charge in [0.2, 0.25) is 0 Å². The lowest BCUT2D eigenvalue weighted by Gasteiger charge is -2.38. The molecule has 1 aromatic heterocycles. The standard InChI is InChI=1S/C13H16ClF2N5O2/c14-11-8(3-10(17)19-20-11)9(4-23-7-1-2-7)21-6-13(15,16)5-18-12(21)22/h3,7,9H,1-2,4-6H2,(H2,17,19)(H,18,22)/t9-/m1/s1. The summed E-state index contributed by atoms with van der Waals surface area (Å²) in [6.07, 6.45) is 1.93. The Kier molecular flexibility index (Phi) is 4.24. The zero-order chi connectivity index (χ0) is 16.6. The number of hydrogen-bond donors (Lipinski definition) is 2. The first-order chi connectivity index (χ1) is 10.9. The van der Waals surface area contributed by atoms with E-state index in [0.29, 0.717) is 5.56 Å². The van der Waals surface area contributed by atoms with Crippen LogP contribution >= 0.6 is 11.6 Å². The number of nitrogens with two attached hydrogens (primary N) is 1. The molecular formula is C13H16ClF2N5O2. The van der Waals surface area contributed by atoms with Crippen molar-refractivity contribution >= 4 is 23.4 Å². The molecule has 23 heavy (non-hydrogen) atoms. The van der Waals surface area contributed by atoms with Gasteiger partial charge in [-0.3, -0.25) is 0 Å². The number of urea groups is 1. The molecule has 1 atom stereocenters. The minimum Gasteiger partial charge on any atom is -0.382 e. The first-order valence-electron chi connectivity index (χ1n) is 7.18. The number of ether oxygens (including phenoxy) is 1. The average Bonchev–Trinajstić information content (AvgIpc) is 3.30. The second-order valence-electron chi connectivity index (χ2n) is 5.71. The molecule has 7 nitrogen and oxygen atoms in total. The summed E-state index contributed by atoms with van der Waals surface area (Å²) in [6, 6.07) is 0.00914. The van der Waals surface area contributed by atoms with Gasteiger partial charge in [0.05, 0.1) is 31.8 Å². The topological polar surface area (TPSA) is 93.4 Å². The van der Waals surface area contributed by atoms with Gasteiger partial charge in [-0.05, 0) is 18.9 Å². The Labute approximate surface area is 136 Å². The lowest BCUT2D eigenvalue weighted by Crippen LogP contribution is -2.58. The van der Waals surface area contributed by atoms with E-state index >= 15 is 0 Å². The monoisotopic (exact) mass is 347 g/mol. The largest absolute Gasteiger partial charge is 0.382 e. The van der Waals surface area contributed by atoms with Crippen LogP contribution in [0.3, 0.4) is 0 Å². The molecule has 1 saturated heterocycles. The van der Waals surface area contributed by atoms with Crippen molar-refractivity contribution in [3.63, 3.8) is 0 Å². The highest BCUT2D eigenvalue weighted by atomic mass is 35.5. The molecule has 2 amide bonds. The summed E-state index contributed by atoms with van der Waals surface area (Å²) in [6.45, 7) is -1.38. The smallest absolute Gasteiger partial charge is 0.318 e. The molecule has 126 valence electrons. The van der Waals surface area contributed by atoms with E-state index in [-0.39, 0.29) is 23.7 Å². The Morgan fingerprint density at radius 1 is 1.52 bits per heavy atom. The third-order valence-corrected chi connectivity index (χ3v) is 4.00. The van der Waals surface area contributed by atoms with E-state index < -0.39 is 31.1 Å². The SMILES string of the molecule is Nc1cc([C@@H](COC2CC2)N2CC(F)(F)CNC2=O)c(Cl)nn1. The number of alkyl halides is 2. The highest BCUT2D eigenvalue weighted by molar-refractivity contribution is 6.30. The van der Waals surface area contributed by atoms with Crippen LogP contribution in [0.15, 0.2) is 6.07 Å². The van der Waals surface area contributed by atoms with Crippen molar-refractivity contribution in [2.75, 3.05) is 25.4 Å². The number of hydrogen-bond acceptors (Lipinski definition) is 5. The van der Waals surface area contributed by atoms with Gasteiger partial charge < -0.3 is 20.7 Å². The number of halogens is 3. The van der Waals surface area contributed by atoms with Gasteiger partial charge in [-0.2, -0.15) is 0 Å². The van der Waals surface area contributed by atoms with Crippen molar-refractivity contribution in [2.45, 2.75) is 30.9 Å². The van der Waals surface area contributed by atoms with Gasteiger partial charge in [-0.25, -0.2) is 13.6 Å². The molecule has 10 heteroatoms. The summed E-state index contributed by atoms with van der Waals surface area (Å²) in [5, 5.41) is 9.48. The van der Waals surface area contributed by atoms with Gasteiger partial charge in [0, 0.05) is 5.56 Å². The molecule has 0 radical (unpaired) electrons. The Morgan fingerprint density at radius 3 is 2.96 bits per heavy atom. The van der Waals surface area contributed by atoms with Crippen molar-refractivity contribution in [2.24, 2.45) is 0 Å². The molecule has 1 saturated carbocycles. The van der Waals surface area contributed by atoms with Gasteiger partial charge in [-0.1, -0.05) is 11.6 Å². The first-order valence-corrected chi connectivity index (χ1v) is 7.56. The lowest BCUT2D eigenvalue weighted by molar-refractivity contribution is -0.0541. The zero-order valence-electron chi connectivity index (χ0n) is 12.1. The minimum absolute atomic E-state index is 0.00490. The Bertz CT molecular complexity index is 614. The number of nitrogens with zero attached hydrogens (tertiary/aromatic N) is 3. The predicted molar refractivity (Wildman–Crippen MR) is 78.2 cm³/mol. The molecule has 0 bridgehead atoms. The Morgan fingerprint density at radius 2 is 2.26 bits per heavy atom. The van der Waals surface area contributed by atoms with Crippen LogP contribution in [0.4, 0.5) is 19.4 Å². The van der Waals surface area contributed by atoms with Gasteiger partial charge >= 0.3 is 6.03 Å². The Hall–Kier alpha value is -1.74. The lowest BCUT2D eigenvalue weighted by atomic mass is 10.1. The fourth-order valence-corrected chi connectivity index (χ4v) is 2.60. The van der Waals surface area contributed by atoms with Crippen LogP contribution < -0.4 is 11.1 Å². The summed E-state index contributed by atoms with van der Waals surface area (Å²) in [5.74, 6) is -2.95. The van der Waals surface area contributed by atoms with Gasteiger partial charge in [0.25, 0.3) is 5.92 Å². The molecular weight excluding hydrogens is 332 g/mol. The van der Waals surface area contributed by atoms with E-state index in [0.717, 1.165) is 17.7 Å². The van der Waals surface area contributed by atoms with E-state index in [9.17, 15) is 13.6 Å². The second-order valence-corrected chi connectivity index (χ2v) is 6.06. The van der Waals surface area contributed by atoms with E-state index in [1.54, 1.807) is 0 Å². The second kappa shape index (κ2) is 6.04. The number of anilines is 1. The van der Waals surface area contributed by atoms with Crippen LogP contribution in [-0.4, -0.2) is 52.9 Å². The normalized spacial score (nSPS) is 21.9. The van der Waals surface area contributed by atoms with Crippen molar-refractivity contribution in [3.8, 4) is 0 Å². The highest BCUT2D eigenvalue weighted by Crippen LogP contribution is 2.33. The van der Waals surface area contributed by atoms with Gasteiger partial charge in [-0.15, -0.1) is 10.2 Å². The van der Waals surface area contributed by atoms with Crippen molar-refractivity contribution in [3.05, 3.63) is 16.8 Å². The zero-order valence-corrected chi connectivity index (χ0v) is 12.9. The fourth-order valence-electron chi connectivity index (χ4n) is 2.39. The highest BCUT2D eigenvalue weighted by Gasteiger charge is 2.43. The van der Waals surface area contributed by atoms with Crippen LogP contribution in [0.5, 0.6) is 0 Å². The number of amides is 2.